The van der Waals surface area contributed by atoms with Gasteiger partial charge < -0.3 is 9.47 Å². The first-order valence-corrected chi connectivity index (χ1v) is 12.1. The number of hydrogen-bond donors (Lipinski definition) is 0. The summed E-state index contributed by atoms with van der Waals surface area (Å²) in [6, 6.07) is 0. The summed E-state index contributed by atoms with van der Waals surface area (Å²) in [7, 11) is 0. The van der Waals surface area contributed by atoms with Gasteiger partial charge in [-0.15, -0.1) is 0 Å². The molecule has 0 aromatic rings. The van der Waals surface area contributed by atoms with E-state index in [1.807, 2.05) is 0 Å². The van der Waals surface area contributed by atoms with E-state index in [-0.39, 0.29) is 12.1 Å². The molecule has 5 rings (SSSR count). The van der Waals surface area contributed by atoms with Crippen LogP contribution in [0.15, 0.2) is 0 Å². The van der Waals surface area contributed by atoms with E-state index in [0.717, 1.165) is 55.0 Å². The zero-order chi connectivity index (χ0) is 19.7. The average molecular weight is 389 g/mol. The van der Waals surface area contributed by atoms with Crippen LogP contribution in [0.5, 0.6) is 0 Å². The summed E-state index contributed by atoms with van der Waals surface area (Å²) in [6.07, 6.45) is 12.7. The Hall–Kier alpha value is -0.570. The summed E-state index contributed by atoms with van der Waals surface area (Å²) in [5.74, 6) is 5.04. The zero-order valence-corrected chi connectivity index (χ0v) is 18.4. The summed E-state index contributed by atoms with van der Waals surface area (Å²) in [6.45, 7) is 10.3. The van der Waals surface area contributed by atoms with Crippen LogP contribution in [0.25, 0.3) is 0 Å². The highest BCUT2D eigenvalue weighted by molar-refractivity contribution is 5.66. The van der Waals surface area contributed by atoms with E-state index < -0.39 is 0 Å². The second-order valence-corrected chi connectivity index (χ2v) is 11.6. The van der Waals surface area contributed by atoms with Crippen molar-refractivity contribution in [1.29, 1.82) is 0 Å². The molecule has 4 saturated carbocycles. The Morgan fingerprint density at radius 3 is 2.43 bits per heavy atom. The van der Waals surface area contributed by atoms with Gasteiger partial charge in [-0.05, 0) is 104 Å². The van der Waals surface area contributed by atoms with Gasteiger partial charge in [0.15, 0.2) is 0 Å². The quantitative estimate of drug-likeness (QED) is 0.466. The number of carbonyl (C=O) groups is 1. The first kappa shape index (κ1) is 19.4. The Labute approximate surface area is 171 Å². The molecule has 5 fully saturated rings. The molecule has 28 heavy (non-hydrogen) atoms. The fourth-order valence-electron chi connectivity index (χ4n) is 9.08. The molecule has 3 heteroatoms. The molecular weight excluding hydrogens is 348 g/mol. The molecule has 10 atom stereocenters. The highest BCUT2D eigenvalue weighted by atomic mass is 16.6. The number of carbonyl (C=O) groups excluding carboxylic acids is 1. The normalized spacial score (nSPS) is 53.5. The third-order valence-corrected chi connectivity index (χ3v) is 10.6. The molecule has 0 bridgehead atoms. The van der Waals surface area contributed by atoms with Crippen molar-refractivity contribution < 1.29 is 14.3 Å². The number of ether oxygens (including phenoxy) is 2. The molecule has 0 spiro atoms. The van der Waals surface area contributed by atoms with Gasteiger partial charge in [0.25, 0.3) is 0 Å². The molecule has 0 aromatic carbocycles. The van der Waals surface area contributed by atoms with E-state index in [4.69, 9.17) is 9.47 Å². The monoisotopic (exact) mass is 388 g/mol. The molecule has 1 aliphatic heterocycles. The third-order valence-electron chi connectivity index (χ3n) is 10.6. The molecule has 0 N–H and O–H groups in total. The minimum Gasteiger partial charge on any atom is -0.463 e. The number of esters is 1. The van der Waals surface area contributed by atoms with Crippen LogP contribution in [0.4, 0.5) is 0 Å². The van der Waals surface area contributed by atoms with E-state index in [2.05, 4.69) is 20.8 Å². The van der Waals surface area contributed by atoms with Crippen LogP contribution < -0.4 is 0 Å². The maximum absolute atomic E-state index is 11.4. The van der Waals surface area contributed by atoms with Crippen molar-refractivity contribution in [2.24, 2.45) is 46.3 Å². The predicted octanol–water partition coefficient (Wildman–Crippen LogP) is 5.61. The highest BCUT2D eigenvalue weighted by Crippen LogP contribution is 2.68. The largest absolute Gasteiger partial charge is 0.463 e. The number of rotatable bonds is 3. The highest BCUT2D eigenvalue weighted by Gasteiger charge is 2.61. The lowest BCUT2D eigenvalue weighted by molar-refractivity contribution is -0.160. The van der Waals surface area contributed by atoms with Crippen molar-refractivity contribution in [2.75, 3.05) is 6.61 Å². The topological polar surface area (TPSA) is 38.8 Å². The number of epoxide rings is 1. The van der Waals surface area contributed by atoms with Crippen molar-refractivity contribution in [1.82, 2.24) is 0 Å². The molecular formula is C25H40O3. The van der Waals surface area contributed by atoms with E-state index >= 15 is 0 Å². The first-order valence-electron chi connectivity index (χ1n) is 12.1. The lowest BCUT2D eigenvalue weighted by atomic mass is 9.44. The number of hydrogen-bond acceptors (Lipinski definition) is 3. The molecule has 1 saturated heterocycles. The molecule has 5 aliphatic rings. The van der Waals surface area contributed by atoms with Crippen LogP contribution in [0.2, 0.25) is 0 Å². The molecule has 1 heterocycles. The van der Waals surface area contributed by atoms with Crippen LogP contribution >= 0.6 is 0 Å². The van der Waals surface area contributed by atoms with Crippen LogP contribution in [0.1, 0.15) is 85.5 Å². The summed E-state index contributed by atoms with van der Waals surface area (Å²) >= 11 is 0. The van der Waals surface area contributed by atoms with Gasteiger partial charge in [0.1, 0.15) is 6.10 Å². The van der Waals surface area contributed by atoms with Crippen molar-refractivity contribution in [2.45, 2.75) is 97.7 Å². The van der Waals surface area contributed by atoms with Crippen LogP contribution in [0.3, 0.4) is 0 Å². The van der Waals surface area contributed by atoms with Gasteiger partial charge >= 0.3 is 5.97 Å². The Morgan fingerprint density at radius 1 is 1.00 bits per heavy atom. The molecule has 3 nitrogen and oxygen atoms in total. The van der Waals surface area contributed by atoms with E-state index in [0.29, 0.717) is 16.9 Å². The van der Waals surface area contributed by atoms with Gasteiger partial charge in [-0.3, -0.25) is 4.79 Å². The second kappa shape index (κ2) is 6.72. The summed E-state index contributed by atoms with van der Waals surface area (Å²) in [4.78, 5) is 11.4. The van der Waals surface area contributed by atoms with Crippen LogP contribution in [-0.2, 0) is 14.3 Å². The van der Waals surface area contributed by atoms with Gasteiger partial charge in [0, 0.05) is 6.92 Å². The van der Waals surface area contributed by atoms with Gasteiger partial charge in [0.05, 0.1) is 12.7 Å². The summed E-state index contributed by atoms with van der Waals surface area (Å²) < 4.78 is 11.3. The SMILES string of the molecule is CC(=O)O[C@@H]1CC[C@@]2(C)[C@H](CC[C@@H]3[C@@H]2CC[C@]2(C)[C@@H]([C@H](C)C4CO4)CC[C@@H]32)C1. The Morgan fingerprint density at radius 2 is 1.71 bits per heavy atom. The van der Waals surface area contributed by atoms with Crippen molar-refractivity contribution >= 4 is 5.97 Å². The van der Waals surface area contributed by atoms with E-state index in [1.165, 1.54) is 44.9 Å². The molecule has 1 unspecified atom stereocenters. The fourth-order valence-corrected chi connectivity index (χ4v) is 9.08. The molecule has 158 valence electrons. The molecule has 0 aromatic heterocycles. The maximum atomic E-state index is 11.4. The van der Waals surface area contributed by atoms with Crippen molar-refractivity contribution in [3.05, 3.63) is 0 Å². The molecule has 0 amide bonds. The minimum absolute atomic E-state index is 0.0959. The number of fused-ring (bicyclic) bond motifs is 5. The summed E-state index contributed by atoms with van der Waals surface area (Å²) in [5.41, 5.74) is 1.02. The van der Waals surface area contributed by atoms with Crippen LogP contribution in [0, 0.1) is 46.3 Å². The lowest BCUT2D eigenvalue weighted by Gasteiger charge is -2.61. The van der Waals surface area contributed by atoms with Gasteiger partial charge in [-0.25, -0.2) is 0 Å². The fraction of sp³-hybridized carbons (Fsp3) is 0.960. The zero-order valence-electron chi connectivity index (χ0n) is 18.4. The van der Waals surface area contributed by atoms with Crippen molar-refractivity contribution in [3.63, 3.8) is 0 Å². The average Bonchev–Trinajstić information content (AvgIpc) is 3.43. The second-order valence-electron chi connectivity index (χ2n) is 11.6. The Bertz CT molecular complexity index is 627. The molecule has 0 radical (unpaired) electrons. The Kier molecular flexibility index (Phi) is 4.66. The lowest BCUT2D eigenvalue weighted by Crippen LogP contribution is -2.54. The van der Waals surface area contributed by atoms with Gasteiger partial charge in [-0.1, -0.05) is 20.8 Å². The molecule has 4 aliphatic carbocycles. The van der Waals surface area contributed by atoms with E-state index in [9.17, 15) is 4.79 Å². The van der Waals surface area contributed by atoms with E-state index in [1.54, 1.807) is 6.92 Å². The first-order chi connectivity index (χ1) is 13.3. The van der Waals surface area contributed by atoms with Gasteiger partial charge in [0.2, 0.25) is 0 Å². The van der Waals surface area contributed by atoms with Gasteiger partial charge in [-0.2, -0.15) is 0 Å². The minimum atomic E-state index is -0.0959. The van der Waals surface area contributed by atoms with Crippen LogP contribution in [-0.4, -0.2) is 24.8 Å². The smallest absolute Gasteiger partial charge is 0.302 e. The summed E-state index contributed by atoms with van der Waals surface area (Å²) in [5, 5.41) is 0. The maximum Gasteiger partial charge on any atom is 0.302 e. The Balaban J connectivity index is 1.33. The van der Waals surface area contributed by atoms with Crippen molar-refractivity contribution in [3.8, 4) is 0 Å². The third kappa shape index (κ3) is 2.89. The predicted molar refractivity (Wildman–Crippen MR) is 110 cm³/mol. The standard InChI is InChI=1S/C25H40O3/c1-15(23-14-27-23)20-7-8-21-19-6-5-17-13-18(28-16(2)26)9-11-24(17,3)22(19)10-12-25(20,21)4/h15,17-23H,5-14H2,1-4H3/t15-,17+,18+,19-,20+,21-,22-,23?,24-,25+/m0/s1.